The first-order chi connectivity index (χ1) is 10.7. The summed E-state index contributed by atoms with van der Waals surface area (Å²) < 4.78 is 18.8. The Hall–Kier alpha value is -1.79. The first kappa shape index (κ1) is 16.1. The van der Waals surface area contributed by atoms with Crippen LogP contribution in [-0.2, 0) is 25.4 Å². The smallest absolute Gasteiger partial charge is 0.468 e. The number of esters is 1. The van der Waals surface area contributed by atoms with Gasteiger partial charge in [0.2, 0.25) is 0 Å². The number of rotatable bonds is 3. The third kappa shape index (κ3) is 2.77. The maximum absolute atomic E-state index is 11.5. The van der Waals surface area contributed by atoms with E-state index in [0.717, 1.165) is 16.4 Å². The molecule has 1 aromatic carbocycles. The number of fused-ring (bicyclic) bond motifs is 1. The van der Waals surface area contributed by atoms with E-state index in [4.69, 9.17) is 14.0 Å². The summed E-state index contributed by atoms with van der Waals surface area (Å²) in [6.07, 6.45) is 1.88. The van der Waals surface area contributed by atoms with Crippen LogP contribution < -0.4 is 5.46 Å². The van der Waals surface area contributed by atoms with E-state index < -0.39 is 7.12 Å². The Bertz CT molecular complexity index is 734. The van der Waals surface area contributed by atoms with Crippen LogP contribution in [0.25, 0.3) is 10.9 Å². The third-order valence-corrected chi connectivity index (χ3v) is 4.85. The molecule has 0 atom stereocenters. The van der Waals surface area contributed by atoms with Crippen molar-refractivity contribution in [1.29, 1.82) is 0 Å². The molecule has 1 aliphatic rings. The van der Waals surface area contributed by atoms with Gasteiger partial charge in [-0.05, 0) is 50.7 Å². The Kier molecular flexibility index (Phi) is 3.77. The molecular formula is C17H22BNO4. The molecule has 23 heavy (non-hydrogen) atoms. The lowest BCUT2D eigenvalue weighted by atomic mass is 9.79. The van der Waals surface area contributed by atoms with Crippen molar-refractivity contribution in [3.8, 4) is 0 Å². The fourth-order valence-electron chi connectivity index (χ4n) is 2.67. The molecule has 0 N–H and O–H groups in total. The number of carbonyl (C=O) groups excluding carboxylic acids is 1. The zero-order chi connectivity index (χ0) is 16.8. The maximum Gasteiger partial charge on any atom is 0.494 e. The third-order valence-electron chi connectivity index (χ3n) is 4.85. The number of ether oxygens (including phenoxy) is 1. The van der Waals surface area contributed by atoms with Crippen LogP contribution in [0.5, 0.6) is 0 Å². The Balaban J connectivity index is 1.94. The normalized spacial score (nSPS) is 19.3. The molecule has 5 nitrogen and oxygen atoms in total. The zero-order valence-corrected chi connectivity index (χ0v) is 14.3. The molecule has 1 aromatic heterocycles. The van der Waals surface area contributed by atoms with E-state index in [9.17, 15) is 4.79 Å². The summed E-state index contributed by atoms with van der Waals surface area (Å²) in [7, 11) is 0.981. The minimum Gasteiger partial charge on any atom is -0.468 e. The van der Waals surface area contributed by atoms with E-state index in [2.05, 4.69) is 0 Å². The molecule has 0 bridgehead atoms. The molecule has 1 saturated heterocycles. The van der Waals surface area contributed by atoms with E-state index in [1.807, 2.05) is 62.7 Å². The van der Waals surface area contributed by atoms with Crippen LogP contribution in [0.1, 0.15) is 27.7 Å². The molecule has 0 radical (unpaired) electrons. The topological polar surface area (TPSA) is 49.7 Å². The second-order valence-electron chi connectivity index (χ2n) is 6.93. The van der Waals surface area contributed by atoms with Gasteiger partial charge in [0.1, 0.15) is 6.54 Å². The summed E-state index contributed by atoms with van der Waals surface area (Å²) in [5.41, 5.74) is 1.16. The first-order valence-electron chi connectivity index (χ1n) is 7.75. The molecule has 2 heterocycles. The van der Waals surface area contributed by atoms with Crippen LogP contribution in [0.4, 0.5) is 0 Å². The standard InChI is InChI=1S/C17H22BNO4/c1-16(2)17(3,4)23-18(22-16)13-7-6-12-8-9-19(14(12)10-13)11-15(20)21-5/h6-10H,11H2,1-5H3. The Morgan fingerprint density at radius 1 is 1.17 bits per heavy atom. The van der Waals surface area contributed by atoms with Crippen molar-refractivity contribution < 1.29 is 18.8 Å². The van der Waals surface area contributed by atoms with Gasteiger partial charge in [-0.3, -0.25) is 4.79 Å². The van der Waals surface area contributed by atoms with E-state index in [1.54, 1.807) is 0 Å². The Labute approximate surface area is 136 Å². The van der Waals surface area contributed by atoms with Crippen molar-refractivity contribution in [2.24, 2.45) is 0 Å². The van der Waals surface area contributed by atoms with E-state index in [-0.39, 0.29) is 23.7 Å². The number of aromatic nitrogens is 1. The van der Waals surface area contributed by atoms with Crippen molar-refractivity contribution in [2.45, 2.75) is 45.4 Å². The lowest BCUT2D eigenvalue weighted by molar-refractivity contribution is -0.141. The van der Waals surface area contributed by atoms with Crippen molar-refractivity contribution in [3.63, 3.8) is 0 Å². The van der Waals surface area contributed by atoms with Crippen LogP contribution in [0, 0.1) is 0 Å². The van der Waals surface area contributed by atoms with Gasteiger partial charge in [-0.15, -0.1) is 0 Å². The fourth-order valence-corrected chi connectivity index (χ4v) is 2.67. The van der Waals surface area contributed by atoms with Crippen LogP contribution in [0.15, 0.2) is 30.5 Å². The predicted octanol–water partition coefficient (Wildman–Crippen LogP) is 2.11. The molecule has 1 aliphatic heterocycles. The highest BCUT2D eigenvalue weighted by molar-refractivity contribution is 6.62. The molecule has 0 amide bonds. The predicted molar refractivity (Wildman–Crippen MR) is 89.7 cm³/mol. The van der Waals surface area contributed by atoms with Gasteiger partial charge < -0.3 is 18.6 Å². The van der Waals surface area contributed by atoms with E-state index in [0.29, 0.717) is 0 Å². The number of hydrogen-bond acceptors (Lipinski definition) is 4. The highest BCUT2D eigenvalue weighted by Crippen LogP contribution is 2.36. The van der Waals surface area contributed by atoms with Gasteiger partial charge in [0.25, 0.3) is 0 Å². The number of benzene rings is 1. The van der Waals surface area contributed by atoms with Gasteiger partial charge in [0.15, 0.2) is 0 Å². The SMILES string of the molecule is COC(=O)Cn1ccc2ccc(B3OC(C)(C)C(C)(C)O3)cc21. The minimum atomic E-state index is -0.411. The maximum atomic E-state index is 11.5. The lowest BCUT2D eigenvalue weighted by Gasteiger charge is -2.32. The average Bonchev–Trinajstić information content (AvgIpc) is 2.97. The second kappa shape index (κ2) is 5.39. The highest BCUT2D eigenvalue weighted by Gasteiger charge is 2.51. The summed E-state index contributed by atoms with van der Waals surface area (Å²) in [5, 5.41) is 1.06. The molecule has 0 unspecified atom stereocenters. The van der Waals surface area contributed by atoms with Gasteiger partial charge in [-0.1, -0.05) is 12.1 Å². The molecule has 2 aromatic rings. The molecule has 3 rings (SSSR count). The summed E-state index contributed by atoms with van der Waals surface area (Å²) in [6, 6.07) is 8.02. The van der Waals surface area contributed by atoms with E-state index >= 15 is 0 Å². The summed E-state index contributed by atoms with van der Waals surface area (Å²) >= 11 is 0. The Morgan fingerprint density at radius 3 is 2.43 bits per heavy atom. The average molecular weight is 315 g/mol. The summed E-state index contributed by atoms with van der Waals surface area (Å²) in [6.45, 7) is 8.32. The van der Waals surface area contributed by atoms with Crippen LogP contribution in [-0.4, -0.2) is 36.0 Å². The largest absolute Gasteiger partial charge is 0.494 e. The van der Waals surface area contributed by atoms with Crippen LogP contribution in [0.3, 0.4) is 0 Å². The molecule has 0 saturated carbocycles. The van der Waals surface area contributed by atoms with Gasteiger partial charge in [0.05, 0.1) is 18.3 Å². The fraction of sp³-hybridized carbons (Fsp3) is 0.471. The number of carbonyl (C=O) groups is 1. The molecule has 0 spiro atoms. The quantitative estimate of drug-likeness (QED) is 0.643. The molecule has 122 valence electrons. The van der Waals surface area contributed by atoms with Crippen molar-refractivity contribution in [1.82, 2.24) is 4.57 Å². The zero-order valence-electron chi connectivity index (χ0n) is 14.3. The molecule has 0 aliphatic carbocycles. The summed E-state index contributed by atoms with van der Waals surface area (Å²) in [4.78, 5) is 11.5. The monoisotopic (exact) mass is 315 g/mol. The van der Waals surface area contributed by atoms with Gasteiger partial charge in [-0.25, -0.2) is 0 Å². The minimum absolute atomic E-state index is 0.187. The first-order valence-corrected chi connectivity index (χ1v) is 7.75. The van der Waals surface area contributed by atoms with Gasteiger partial charge >= 0.3 is 13.1 Å². The number of nitrogens with zero attached hydrogens (tertiary/aromatic N) is 1. The highest BCUT2D eigenvalue weighted by atomic mass is 16.7. The second-order valence-corrected chi connectivity index (χ2v) is 6.93. The molecular weight excluding hydrogens is 293 g/mol. The van der Waals surface area contributed by atoms with Crippen LogP contribution in [0.2, 0.25) is 0 Å². The number of methoxy groups -OCH3 is 1. The molecule has 6 heteroatoms. The Morgan fingerprint density at radius 2 is 1.83 bits per heavy atom. The van der Waals surface area contributed by atoms with Gasteiger partial charge in [-0.2, -0.15) is 0 Å². The summed E-state index contributed by atoms with van der Waals surface area (Å²) in [5.74, 6) is -0.275. The van der Waals surface area contributed by atoms with E-state index in [1.165, 1.54) is 7.11 Å². The van der Waals surface area contributed by atoms with Crippen molar-refractivity contribution >= 4 is 29.5 Å². The number of hydrogen-bond donors (Lipinski definition) is 0. The molecule has 1 fully saturated rings. The van der Waals surface area contributed by atoms with Crippen molar-refractivity contribution in [3.05, 3.63) is 30.5 Å². The lowest BCUT2D eigenvalue weighted by Crippen LogP contribution is -2.41. The van der Waals surface area contributed by atoms with Gasteiger partial charge in [0, 0.05) is 11.7 Å². The van der Waals surface area contributed by atoms with Crippen LogP contribution >= 0.6 is 0 Å². The van der Waals surface area contributed by atoms with Crippen molar-refractivity contribution in [2.75, 3.05) is 7.11 Å².